The minimum atomic E-state index is -0.0613. The van der Waals surface area contributed by atoms with E-state index in [1.807, 2.05) is 55.5 Å². The SMILES string of the molecule is CCNC(=O)c1ccc(CNC(=NC)Nc2cccc(OCCCOC)c2)cc1.I. The first kappa shape index (κ1) is 25.7. The third-order valence-corrected chi connectivity index (χ3v) is 4.10. The van der Waals surface area contributed by atoms with Gasteiger partial charge in [-0.15, -0.1) is 24.0 Å². The quantitative estimate of drug-likeness (QED) is 0.191. The molecule has 164 valence electrons. The van der Waals surface area contributed by atoms with Crippen LogP contribution in [-0.2, 0) is 11.3 Å². The molecular formula is C22H31IN4O3. The Morgan fingerprint density at radius 2 is 1.83 bits per heavy atom. The molecule has 0 spiro atoms. The summed E-state index contributed by atoms with van der Waals surface area (Å²) in [6.07, 6.45) is 0.844. The van der Waals surface area contributed by atoms with E-state index in [1.54, 1.807) is 14.2 Å². The van der Waals surface area contributed by atoms with E-state index in [0.29, 0.717) is 37.8 Å². The molecule has 0 radical (unpaired) electrons. The fourth-order valence-electron chi connectivity index (χ4n) is 2.60. The lowest BCUT2D eigenvalue weighted by Gasteiger charge is -2.13. The zero-order valence-electron chi connectivity index (χ0n) is 17.7. The van der Waals surface area contributed by atoms with E-state index in [-0.39, 0.29) is 29.9 Å². The molecule has 3 N–H and O–H groups in total. The van der Waals surface area contributed by atoms with Gasteiger partial charge in [-0.2, -0.15) is 0 Å². The van der Waals surface area contributed by atoms with Crippen LogP contribution < -0.4 is 20.7 Å². The third kappa shape index (κ3) is 9.00. The molecule has 0 fully saturated rings. The number of rotatable bonds is 10. The Labute approximate surface area is 195 Å². The first-order valence-corrected chi connectivity index (χ1v) is 9.73. The summed E-state index contributed by atoms with van der Waals surface area (Å²) in [7, 11) is 3.40. The molecule has 30 heavy (non-hydrogen) atoms. The molecule has 0 atom stereocenters. The maximum atomic E-state index is 11.8. The Kier molecular flexibility index (Phi) is 12.5. The van der Waals surface area contributed by atoms with Crippen molar-refractivity contribution in [3.63, 3.8) is 0 Å². The second-order valence-corrected chi connectivity index (χ2v) is 6.33. The maximum Gasteiger partial charge on any atom is 0.251 e. The minimum absolute atomic E-state index is 0. The van der Waals surface area contributed by atoms with Gasteiger partial charge in [-0.3, -0.25) is 9.79 Å². The molecule has 2 rings (SSSR count). The average Bonchev–Trinajstić information content (AvgIpc) is 2.75. The number of methoxy groups -OCH3 is 1. The number of carbonyl (C=O) groups excluding carboxylic acids is 1. The number of hydrogen-bond donors (Lipinski definition) is 3. The van der Waals surface area contributed by atoms with E-state index < -0.39 is 0 Å². The summed E-state index contributed by atoms with van der Waals surface area (Å²) >= 11 is 0. The minimum Gasteiger partial charge on any atom is -0.493 e. The van der Waals surface area contributed by atoms with Crippen molar-refractivity contribution in [2.24, 2.45) is 4.99 Å². The van der Waals surface area contributed by atoms with Gasteiger partial charge in [-0.1, -0.05) is 18.2 Å². The van der Waals surface area contributed by atoms with Gasteiger partial charge in [0.25, 0.3) is 5.91 Å². The highest BCUT2D eigenvalue weighted by atomic mass is 127. The number of hydrogen-bond acceptors (Lipinski definition) is 4. The number of ether oxygens (including phenoxy) is 2. The Morgan fingerprint density at radius 3 is 2.50 bits per heavy atom. The molecule has 0 unspecified atom stereocenters. The number of halogens is 1. The average molecular weight is 526 g/mol. The molecule has 2 aromatic rings. The molecule has 0 saturated heterocycles. The van der Waals surface area contributed by atoms with Gasteiger partial charge in [0.1, 0.15) is 5.75 Å². The summed E-state index contributed by atoms with van der Waals surface area (Å²) in [6, 6.07) is 15.2. The van der Waals surface area contributed by atoms with Crippen LogP contribution in [-0.4, -0.2) is 45.8 Å². The van der Waals surface area contributed by atoms with E-state index in [4.69, 9.17) is 9.47 Å². The van der Waals surface area contributed by atoms with Crippen molar-refractivity contribution in [3.05, 3.63) is 59.7 Å². The standard InChI is InChI=1S/C22H30N4O3.HI/c1-4-24-21(27)18-11-9-17(10-12-18)16-25-22(23-2)26-19-7-5-8-20(15-19)29-14-6-13-28-3;/h5,7-12,15H,4,6,13-14,16H2,1-3H3,(H,24,27)(H2,23,25,26);1H. The van der Waals surface area contributed by atoms with Crippen LogP contribution in [0.3, 0.4) is 0 Å². The van der Waals surface area contributed by atoms with Gasteiger partial charge in [0, 0.05) is 57.6 Å². The van der Waals surface area contributed by atoms with Crippen LogP contribution in [0.25, 0.3) is 0 Å². The molecule has 0 aliphatic heterocycles. The highest BCUT2D eigenvalue weighted by molar-refractivity contribution is 14.0. The Hall–Kier alpha value is -2.33. The topological polar surface area (TPSA) is 84.0 Å². The predicted molar refractivity (Wildman–Crippen MR) is 132 cm³/mol. The summed E-state index contributed by atoms with van der Waals surface area (Å²) < 4.78 is 10.8. The van der Waals surface area contributed by atoms with E-state index in [0.717, 1.165) is 23.4 Å². The van der Waals surface area contributed by atoms with Gasteiger partial charge in [0.15, 0.2) is 5.96 Å². The zero-order chi connectivity index (χ0) is 20.9. The van der Waals surface area contributed by atoms with Crippen molar-refractivity contribution >= 4 is 41.5 Å². The number of aliphatic imine (C=N–C) groups is 1. The predicted octanol–water partition coefficient (Wildman–Crippen LogP) is 3.66. The second-order valence-electron chi connectivity index (χ2n) is 6.33. The number of benzene rings is 2. The highest BCUT2D eigenvalue weighted by Crippen LogP contribution is 2.17. The lowest BCUT2D eigenvalue weighted by molar-refractivity contribution is 0.0956. The highest BCUT2D eigenvalue weighted by Gasteiger charge is 2.05. The van der Waals surface area contributed by atoms with Crippen molar-refractivity contribution in [1.29, 1.82) is 0 Å². The fourth-order valence-corrected chi connectivity index (χ4v) is 2.60. The third-order valence-electron chi connectivity index (χ3n) is 4.10. The number of carbonyl (C=O) groups is 1. The summed E-state index contributed by atoms with van der Waals surface area (Å²) in [5.41, 5.74) is 2.59. The molecule has 0 aliphatic rings. The van der Waals surface area contributed by atoms with Crippen LogP contribution in [0, 0.1) is 0 Å². The van der Waals surface area contributed by atoms with Crippen LogP contribution in [0.4, 0.5) is 5.69 Å². The molecular weight excluding hydrogens is 495 g/mol. The summed E-state index contributed by atoms with van der Waals surface area (Å²) in [4.78, 5) is 16.1. The van der Waals surface area contributed by atoms with Crippen molar-refractivity contribution in [3.8, 4) is 5.75 Å². The molecule has 2 aromatic carbocycles. The molecule has 8 heteroatoms. The molecule has 0 heterocycles. The number of nitrogens with zero attached hydrogens (tertiary/aromatic N) is 1. The first-order valence-electron chi connectivity index (χ1n) is 9.73. The molecule has 0 bridgehead atoms. The Bertz CT molecular complexity index is 797. The Balaban J connectivity index is 0.00000450. The lowest BCUT2D eigenvalue weighted by atomic mass is 10.1. The van der Waals surface area contributed by atoms with E-state index in [9.17, 15) is 4.79 Å². The number of anilines is 1. The van der Waals surface area contributed by atoms with Crippen LogP contribution in [0.1, 0.15) is 29.3 Å². The van der Waals surface area contributed by atoms with Crippen LogP contribution >= 0.6 is 24.0 Å². The number of guanidine groups is 1. The van der Waals surface area contributed by atoms with Crippen molar-refractivity contribution in [2.45, 2.75) is 19.9 Å². The largest absolute Gasteiger partial charge is 0.493 e. The second kappa shape index (κ2) is 14.6. The van der Waals surface area contributed by atoms with Gasteiger partial charge in [-0.25, -0.2) is 0 Å². The van der Waals surface area contributed by atoms with Gasteiger partial charge in [0.05, 0.1) is 6.61 Å². The van der Waals surface area contributed by atoms with Gasteiger partial charge >= 0.3 is 0 Å². The summed E-state index contributed by atoms with van der Waals surface area (Å²) in [5, 5.41) is 9.32. The van der Waals surface area contributed by atoms with E-state index in [1.165, 1.54) is 0 Å². The number of nitrogens with one attached hydrogen (secondary N) is 3. The first-order chi connectivity index (χ1) is 14.2. The monoisotopic (exact) mass is 526 g/mol. The molecule has 1 amide bonds. The normalized spacial score (nSPS) is 10.7. The number of amides is 1. The van der Waals surface area contributed by atoms with Crippen molar-refractivity contribution in [1.82, 2.24) is 10.6 Å². The van der Waals surface area contributed by atoms with Crippen LogP contribution in [0.2, 0.25) is 0 Å². The van der Waals surface area contributed by atoms with Gasteiger partial charge < -0.3 is 25.4 Å². The smallest absolute Gasteiger partial charge is 0.251 e. The van der Waals surface area contributed by atoms with Crippen LogP contribution in [0.15, 0.2) is 53.5 Å². The molecule has 0 aromatic heterocycles. The summed E-state index contributed by atoms with van der Waals surface area (Å²) in [5.74, 6) is 1.38. The molecule has 0 saturated carbocycles. The molecule has 0 aliphatic carbocycles. The van der Waals surface area contributed by atoms with Crippen LogP contribution in [0.5, 0.6) is 5.75 Å². The van der Waals surface area contributed by atoms with E-state index >= 15 is 0 Å². The Morgan fingerprint density at radius 1 is 1.07 bits per heavy atom. The zero-order valence-corrected chi connectivity index (χ0v) is 20.1. The van der Waals surface area contributed by atoms with E-state index in [2.05, 4.69) is 20.9 Å². The van der Waals surface area contributed by atoms with Crippen molar-refractivity contribution in [2.75, 3.05) is 39.2 Å². The van der Waals surface area contributed by atoms with Gasteiger partial charge in [0.2, 0.25) is 0 Å². The fraction of sp³-hybridized carbons (Fsp3) is 0.364. The molecule has 7 nitrogen and oxygen atoms in total. The maximum absolute atomic E-state index is 11.8. The lowest BCUT2D eigenvalue weighted by Crippen LogP contribution is -2.30. The van der Waals surface area contributed by atoms with Crippen molar-refractivity contribution < 1.29 is 14.3 Å². The summed E-state index contributed by atoms with van der Waals surface area (Å²) in [6.45, 7) is 4.39. The van der Waals surface area contributed by atoms with Gasteiger partial charge in [-0.05, 0) is 36.8 Å².